The Hall–Kier alpha value is -2.78. The standard InChI is InChI=1S/C18H16Cl2N4O4/c19-13-5-1-11(2-6-13)9-21-23-17(27)15(25)16(26)18(28)24-22-10-12-3-7-14(20)8-4-12/h1-10,15-16,25-26H,(H,23,27)(H,24,28). The molecule has 0 saturated carbocycles. The second-order valence-corrected chi connectivity index (χ2v) is 6.33. The molecule has 0 saturated heterocycles. The third kappa shape index (κ3) is 6.75. The fourth-order valence-corrected chi connectivity index (χ4v) is 2.11. The summed E-state index contributed by atoms with van der Waals surface area (Å²) >= 11 is 11.5. The Bertz CT molecular complexity index is 797. The highest BCUT2D eigenvalue weighted by Gasteiger charge is 2.30. The molecule has 0 radical (unpaired) electrons. The van der Waals surface area contributed by atoms with E-state index in [-0.39, 0.29) is 0 Å². The Labute approximate surface area is 170 Å². The van der Waals surface area contributed by atoms with Gasteiger partial charge in [0, 0.05) is 10.0 Å². The van der Waals surface area contributed by atoms with Crippen LogP contribution >= 0.6 is 23.2 Å². The molecule has 0 fully saturated rings. The minimum atomic E-state index is -2.03. The molecule has 0 aromatic heterocycles. The van der Waals surface area contributed by atoms with Gasteiger partial charge in [0.15, 0.2) is 12.2 Å². The molecular weight excluding hydrogens is 407 g/mol. The normalized spacial score (nSPS) is 13.4. The number of aliphatic hydroxyl groups is 2. The zero-order valence-corrected chi connectivity index (χ0v) is 15.8. The van der Waals surface area contributed by atoms with Crippen LogP contribution in [0, 0.1) is 0 Å². The fraction of sp³-hybridized carbons (Fsp3) is 0.111. The number of halogens is 2. The monoisotopic (exact) mass is 422 g/mol. The van der Waals surface area contributed by atoms with E-state index < -0.39 is 24.0 Å². The largest absolute Gasteiger partial charge is 0.380 e. The molecule has 28 heavy (non-hydrogen) atoms. The minimum absolute atomic E-state index is 0.546. The van der Waals surface area contributed by atoms with Crippen molar-refractivity contribution in [1.29, 1.82) is 0 Å². The summed E-state index contributed by atoms with van der Waals surface area (Å²) in [6, 6.07) is 13.2. The van der Waals surface area contributed by atoms with Crippen LogP contribution in [0.25, 0.3) is 0 Å². The Morgan fingerprint density at radius 3 is 1.39 bits per heavy atom. The Balaban J connectivity index is 1.83. The van der Waals surface area contributed by atoms with Gasteiger partial charge in [-0.05, 0) is 35.4 Å². The van der Waals surface area contributed by atoms with Gasteiger partial charge in [-0.25, -0.2) is 10.9 Å². The van der Waals surface area contributed by atoms with Crippen LogP contribution in [-0.4, -0.2) is 46.7 Å². The summed E-state index contributed by atoms with van der Waals surface area (Å²) in [6.07, 6.45) is -1.45. The molecule has 2 unspecified atom stereocenters. The van der Waals surface area contributed by atoms with Gasteiger partial charge in [0.05, 0.1) is 12.4 Å². The highest BCUT2D eigenvalue weighted by atomic mass is 35.5. The molecule has 0 aliphatic carbocycles. The fourth-order valence-electron chi connectivity index (χ4n) is 1.86. The van der Waals surface area contributed by atoms with Crippen LogP contribution < -0.4 is 10.9 Å². The highest BCUT2D eigenvalue weighted by molar-refractivity contribution is 6.30. The van der Waals surface area contributed by atoms with E-state index in [1.54, 1.807) is 48.5 Å². The van der Waals surface area contributed by atoms with E-state index in [0.717, 1.165) is 0 Å². The summed E-state index contributed by atoms with van der Waals surface area (Å²) in [5.41, 5.74) is 5.34. The first-order chi connectivity index (χ1) is 13.4. The van der Waals surface area contributed by atoms with Crippen LogP contribution in [0.5, 0.6) is 0 Å². The molecule has 10 heteroatoms. The summed E-state index contributed by atoms with van der Waals surface area (Å²) in [5.74, 6) is -2.12. The van der Waals surface area contributed by atoms with Gasteiger partial charge in [0.2, 0.25) is 0 Å². The van der Waals surface area contributed by atoms with Gasteiger partial charge >= 0.3 is 0 Å². The Morgan fingerprint density at radius 2 is 1.07 bits per heavy atom. The van der Waals surface area contributed by atoms with Gasteiger partial charge in [-0.1, -0.05) is 47.5 Å². The van der Waals surface area contributed by atoms with Gasteiger partial charge in [-0.15, -0.1) is 0 Å². The third-order valence-electron chi connectivity index (χ3n) is 3.35. The van der Waals surface area contributed by atoms with E-state index >= 15 is 0 Å². The number of nitrogens with one attached hydrogen (secondary N) is 2. The van der Waals surface area contributed by atoms with Gasteiger partial charge in [0.25, 0.3) is 11.8 Å². The molecule has 0 heterocycles. The number of hydrazone groups is 2. The number of carbonyl (C=O) groups is 2. The van der Waals surface area contributed by atoms with Crippen molar-refractivity contribution in [2.45, 2.75) is 12.2 Å². The van der Waals surface area contributed by atoms with E-state index in [4.69, 9.17) is 23.2 Å². The molecule has 0 spiro atoms. The van der Waals surface area contributed by atoms with Gasteiger partial charge in [-0.2, -0.15) is 10.2 Å². The molecule has 4 N–H and O–H groups in total. The van der Waals surface area contributed by atoms with Crippen LogP contribution in [0.2, 0.25) is 10.0 Å². The number of amides is 2. The van der Waals surface area contributed by atoms with E-state index in [0.29, 0.717) is 21.2 Å². The highest BCUT2D eigenvalue weighted by Crippen LogP contribution is 2.08. The zero-order valence-electron chi connectivity index (χ0n) is 14.3. The van der Waals surface area contributed by atoms with Crippen molar-refractivity contribution < 1.29 is 19.8 Å². The van der Waals surface area contributed by atoms with Crippen LogP contribution in [-0.2, 0) is 9.59 Å². The van der Waals surface area contributed by atoms with Crippen molar-refractivity contribution in [3.05, 3.63) is 69.7 Å². The predicted octanol–water partition coefficient (Wildman–Crippen LogP) is 1.32. The number of benzene rings is 2. The second-order valence-electron chi connectivity index (χ2n) is 5.46. The summed E-state index contributed by atoms with van der Waals surface area (Å²) in [7, 11) is 0. The first-order valence-electron chi connectivity index (χ1n) is 7.90. The Kier molecular flexibility index (Phi) is 8.09. The first-order valence-corrected chi connectivity index (χ1v) is 8.65. The van der Waals surface area contributed by atoms with Crippen molar-refractivity contribution >= 4 is 47.4 Å². The molecule has 0 aliphatic rings. The molecular formula is C18H16Cl2N4O4. The minimum Gasteiger partial charge on any atom is -0.380 e. The maximum Gasteiger partial charge on any atom is 0.272 e. The van der Waals surface area contributed by atoms with Crippen molar-refractivity contribution in [3.8, 4) is 0 Å². The van der Waals surface area contributed by atoms with Crippen LogP contribution in [0.4, 0.5) is 0 Å². The summed E-state index contributed by atoms with van der Waals surface area (Å²) in [4.78, 5) is 23.5. The van der Waals surface area contributed by atoms with E-state index in [1.807, 2.05) is 10.9 Å². The van der Waals surface area contributed by atoms with Crippen LogP contribution in [0.1, 0.15) is 11.1 Å². The first kappa shape index (κ1) is 21.5. The quantitative estimate of drug-likeness (QED) is 0.396. The number of hydrogen-bond acceptors (Lipinski definition) is 6. The topological polar surface area (TPSA) is 123 Å². The lowest BCUT2D eigenvalue weighted by atomic mass is 10.2. The average molecular weight is 423 g/mol. The third-order valence-corrected chi connectivity index (χ3v) is 3.86. The summed E-state index contributed by atoms with van der Waals surface area (Å²) < 4.78 is 0. The van der Waals surface area contributed by atoms with E-state index in [9.17, 15) is 19.8 Å². The van der Waals surface area contributed by atoms with Crippen molar-refractivity contribution in [2.75, 3.05) is 0 Å². The second kappa shape index (κ2) is 10.5. The molecule has 2 atom stereocenters. The van der Waals surface area contributed by atoms with Crippen molar-refractivity contribution in [3.63, 3.8) is 0 Å². The lowest BCUT2D eigenvalue weighted by molar-refractivity contribution is -0.146. The van der Waals surface area contributed by atoms with Gasteiger partial charge < -0.3 is 10.2 Å². The molecule has 2 aromatic carbocycles. The molecule has 146 valence electrons. The number of rotatable bonds is 7. The van der Waals surface area contributed by atoms with Crippen molar-refractivity contribution in [2.24, 2.45) is 10.2 Å². The number of nitrogens with zero attached hydrogens (tertiary/aromatic N) is 2. The van der Waals surface area contributed by atoms with E-state index in [2.05, 4.69) is 10.2 Å². The lowest BCUT2D eigenvalue weighted by Gasteiger charge is -2.14. The molecule has 2 aromatic rings. The maximum atomic E-state index is 11.8. The number of hydrogen-bond donors (Lipinski definition) is 4. The predicted molar refractivity (Wildman–Crippen MR) is 106 cm³/mol. The molecule has 0 aliphatic heterocycles. The Morgan fingerprint density at radius 1 is 0.750 bits per heavy atom. The van der Waals surface area contributed by atoms with E-state index in [1.165, 1.54) is 12.4 Å². The molecule has 0 bridgehead atoms. The molecule has 2 amide bonds. The zero-order chi connectivity index (χ0) is 20.5. The van der Waals surface area contributed by atoms with Gasteiger partial charge in [-0.3, -0.25) is 9.59 Å². The number of carbonyl (C=O) groups excluding carboxylic acids is 2. The summed E-state index contributed by atoms with van der Waals surface area (Å²) in [5, 5.41) is 27.9. The summed E-state index contributed by atoms with van der Waals surface area (Å²) in [6.45, 7) is 0. The average Bonchev–Trinajstić information content (AvgIpc) is 2.69. The smallest absolute Gasteiger partial charge is 0.272 e. The molecule has 2 rings (SSSR count). The lowest BCUT2D eigenvalue weighted by Crippen LogP contribution is -2.47. The maximum absolute atomic E-state index is 11.8. The number of aliphatic hydroxyl groups excluding tert-OH is 2. The van der Waals surface area contributed by atoms with Crippen LogP contribution in [0.15, 0.2) is 58.7 Å². The molecule has 8 nitrogen and oxygen atoms in total. The van der Waals surface area contributed by atoms with Gasteiger partial charge in [0.1, 0.15) is 0 Å². The van der Waals surface area contributed by atoms with Crippen LogP contribution in [0.3, 0.4) is 0 Å². The van der Waals surface area contributed by atoms with Crippen molar-refractivity contribution in [1.82, 2.24) is 10.9 Å². The SMILES string of the molecule is O=C(NN=Cc1ccc(Cl)cc1)C(O)C(O)C(=O)NN=Cc1ccc(Cl)cc1.